The molecule has 0 unspecified atom stereocenters. The van der Waals surface area contributed by atoms with Crippen LogP contribution in [0.3, 0.4) is 0 Å². The molecule has 4 nitrogen and oxygen atoms in total. The Bertz CT molecular complexity index is 331. The van der Waals surface area contributed by atoms with Crippen molar-refractivity contribution in [2.75, 3.05) is 7.11 Å². The Morgan fingerprint density at radius 3 is 2.31 bits per heavy atom. The molecule has 1 rings (SSSR count). The lowest BCUT2D eigenvalue weighted by atomic mass is 10.2. The number of carbonyl (C=O) groups is 1. The molecule has 0 saturated heterocycles. The van der Waals surface area contributed by atoms with E-state index in [2.05, 4.69) is 0 Å². The van der Waals surface area contributed by atoms with Crippen molar-refractivity contribution in [1.82, 2.24) is 0 Å². The van der Waals surface area contributed by atoms with Gasteiger partial charge in [0.05, 0.1) is 7.11 Å². The molecule has 0 radical (unpaired) electrons. The van der Waals surface area contributed by atoms with Crippen LogP contribution >= 0.6 is 0 Å². The third-order valence-electron chi connectivity index (χ3n) is 2.16. The third-order valence-corrected chi connectivity index (χ3v) is 2.16. The maximum Gasteiger partial charge on any atom is 0.344 e. The van der Waals surface area contributed by atoms with E-state index in [4.69, 9.17) is 14.6 Å². The van der Waals surface area contributed by atoms with Crippen molar-refractivity contribution in [3.05, 3.63) is 24.3 Å². The van der Waals surface area contributed by atoms with Gasteiger partial charge in [0.1, 0.15) is 11.5 Å². The fourth-order valence-corrected chi connectivity index (χ4v) is 1.31. The summed E-state index contributed by atoms with van der Waals surface area (Å²) < 4.78 is 10.4. The molecule has 1 atom stereocenters. The smallest absolute Gasteiger partial charge is 0.344 e. The zero-order chi connectivity index (χ0) is 12.0. The Morgan fingerprint density at radius 1 is 1.31 bits per heavy atom. The van der Waals surface area contributed by atoms with Crippen LogP contribution in [0.5, 0.6) is 11.5 Å². The summed E-state index contributed by atoms with van der Waals surface area (Å²) in [6.45, 7) is 1.92. The fraction of sp³-hybridized carbons (Fsp3) is 0.417. The number of hydrogen-bond acceptors (Lipinski definition) is 3. The van der Waals surface area contributed by atoms with Gasteiger partial charge in [-0.15, -0.1) is 0 Å². The summed E-state index contributed by atoms with van der Waals surface area (Å²) in [5.74, 6) is 0.328. The summed E-state index contributed by atoms with van der Waals surface area (Å²) >= 11 is 0. The Morgan fingerprint density at radius 2 is 1.88 bits per heavy atom. The number of hydrogen-bond donors (Lipinski definition) is 1. The van der Waals surface area contributed by atoms with Crippen molar-refractivity contribution in [2.45, 2.75) is 25.9 Å². The van der Waals surface area contributed by atoms with Crippen LogP contribution in [0.1, 0.15) is 19.8 Å². The lowest BCUT2D eigenvalue weighted by molar-refractivity contribution is -0.145. The van der Waals surface area contributed by atoms with Crippen molar-refractivity contribution < 1.29 is 19.4 Å². The highest BCUT2D eigenvalue weighted by Crippen LogP contribution is 2.19. The van der Waals surface area contributed by atoms with Crippen LogP contribution < -0.4 is 9.47 Å². The van der Waals surface area contributed by atoms with Crippen LogP contribution in [0.25, 0.3) is 0 Å². The minimum Gasteiger partial charge on any atom is -0.497 e. The molecule has 0 aromatic heterocycles. The van der Waals surface area contributed by atoms with E-state index < -0.39 is 12.1 Å². The minimum atomic E-state index is -0.933. The predicted octanol–water partition coefficient (Wildman–Crippen LogP) is 2.33. The van der Waals surface area contributed by atoms with Gasteiger partial charge in [0, 0.05) is 0 Å². The first-order valence-electron chi connectivity index (χ1n) is 5.21. The van der Waals surface area contributed by atoms with E-state index in [1.165, 1.54) is 0 Å². The van der Waals surface area contributed by atoms with Gasteiger partial charge in [0.25, 0.3) is 0 Å². The van der Waals surface area contributed by atoms with Gasteiger partial charge in [0.15, 0.2) is 6.10 Å². The molecule has 1 N–H and O–H groups in total. The average Bonchev–Trinajstić information content (AvgIpc) is 2.29. The second-order valence-corrected chi connectivity index (χ2v) is 3.41. The topological polar surface area (TPSA) is 55.8 Å². The highest BCUT2D eigenvalue weighted by molar-refractivity contribution is 5.72. The van der Waals surface area contributed by atoms with E-state index in [9.17, 15) is 4.79 Å². The van der Waals surface area contributed by atoms with Crippen molar-refractivity contribution in [2.24, 2.45) is 0 Å². The van der Waals surface area contributed by atoms with Gasteiger partial charge in [-0.05, 0) is 30.7 Å². The van der Waals surface area contributed by atoms with Gasteiger partial charge >= 0.3 is 5.97 Å². The third kappa shape index (κ3) is 3.46. The fourth-order valence-electron chi connectivity index (χ4n) is 1.31. The SMILES string of the molecule is CCC[C@H](Oc1ccc(OC)cc1)C(=O)O. The van der Waals surface area contributed by atoms with Gasteiger partial charge in [0.2, 0.25) is 0 Å². The van der Waals surface area contributed by atoms with Gasteiger partial charge in [-0.1, -0.05) is 13.3 Å². The molecule has 0 spiro atoms. The first-order chi connectivity index (χ1) is 7.67. The minimum absolute atomic E-state index is 0.501. The van der Waals surface area contributed by atoms with Crippen LogP contribution in [-0.4, -0.2) is 24.3 Å². The first kappa shape index (κ1) is 12.4. The zero-order valence-corrected chi connectivity index (χ0v) is 9.47. The van der Waals surface area contributed by atoms with Gasteiger partial charge in [-0.25, -0.2) is 4.79 Å². The average molecular weight is 224 g/mol. The highest BCUT2D eigenvalue weighted by Gasteiger charge is 2.17. The predicted molar refractivity (Wildman–Crippen MR) is 60.0 cm³/mol. The van der Waals surface area contributed by atoms with Gasteiger partial charge in [-0.2, -0.15) is 0 Å². The molecule has 0 fully saturated rings. The lowest BCUT2D eigenvalue weighted by Crippen LogP contribution is -2.26. The zero-order valence-electron chi connectivity index (χ0n) is 9.47. The summed E-state index contributed by atoms with van der Waals surface area (Å²) in [7, 11) is 1.58. The van der Waals surface area contributed by atoms with Gasteiger partial charge < -0.3 is 14.6 Å². The molecule has 16 heavy (non-hydrogen) atoms. The normalized spacial score (nSPS) is 11.9. The molecule has 0 saturated carbocycles. The summed E-state index contributed by atoms with van der Waals surface area (Å²) in [5, 5.41) is 8.92. The van der Waals surface area contributed by atoms with Crippen LogP contribution in [0.2, 0.25) is 0 Å². The molecule has 0 amide bonds. The van der Waals surface area contributed by atoms with E-state index in [1.807, 2.05) is 6.92 Å². The number of carboxylic acid groups (broad SMARTS) is 1. The maximum absolute atomic E-state index is 10.9. The van der Waals surface area contributed by atoms with E-state index in [0.29, 0.717) is 12.2 Å². The maximum atomic E-state index is 10.9. The van der Waals surface area contributed by atoms with E-state index in [0.717, 1.165) is 12.2 Å². The van der Waals surface area contributed by atoms with E-state index in [-0.39, 0.29) is 0 Å². The Balaban J connectivity index is 2.65. The molecular weight excluding hydrogens is 208 g/mol. The van der Waals surface area contributed by atoms with Crippen LogP contribution in [-0.2, 0) is 4.79 Å². The molecule has 1 aromatic rings. The summed E-state index contributed by atoms with van der Waals surface area (Å²) in [6, 6.07) is 6.87. The van der Waals surface area contributed by atoms with Crippen molar-refractivity contribution in [3.63, 3.8) is 0 Å². The highest BCUT2D eigenvalue weighted by atomic mass is 16.5. The lowest BCUT2D eigenvalue weighted by Gasteiger charge is -2.14. The second kappa shape index (κ2) is 6.00. The van der Waals surface area contributed by atoms with Crippen molar-refractivity contribution >= 4 is 5.97 Å². The summed E-state index contributed by atoms with van der Waals surface area (Å²) in [6.07, 6.45) is 0.493. The summed E-state index contributed by atoms with van der Waals surface area (Å²) in [4.78, 5) is 10.9. The number of carboxylic acids is 1. The van der Waals surface area contributed by atoms with Crippen LogP contribution in [0.15, 0.2) is 24.3 Å². The Kier molecular flexibility index (Phi) is 4.64. The molecule has 0 aliphatic rings. The molecule has 88 valence electrons. The van der Waals surface area contributed by atoms with Crippen LogP contribution in [0, 0.1) is 0 Å². The second-order valence-electron chi connectivity index (χ2n) is 3.41. The first-order valence-corrected chi connectivity index (χ1v) is 5.21. The number of rotatable bonds is 6. The Hall–Kier alpha value is -1.71. The summed E-state index contributed by atoms with van der Waals surface area (Å²) in [5.41, 5.74) is 0. The number of aliphatic carboxylic acids is 1. The molecule has 0 heterocycles. The Labute approximate surface area is 94.8 Å². The monoisotopic (exact) mass is 224 g/mol. The van der Waals surface area contributed by atoms with E-state index >= 15 is 0 Å². The standard InChI is InChI=1S/C12H16O4/c1-3-4-11(12(13)14)16-10-7-5-9(15-2)6-8-10/h5-8,11H,3-4H2,1-2H3,(H,13,14)/t11-/m0/s1. The molecule has 4 heteroatoms. The number of ether oxygens (including phenoxy) is 2. The molecule has 0 aliphatic heterocycles. The molecule has 0 bridgehead atoms. The largest absolute Gasteiger partial charge is 0.497 e. The molecule has 0 aliphatic carbocycles. The van der Waals surface area contributed by atoms with Crippen LogP contribution in [0.4, 0.5) is 0 Å². The van der Waals surface area contributed by atoms with Gasteiger partial charge in [-0.3, -0.25) is 0 Å². The van der Waals surface area contributed by atoms with E-state index in [1.54, 1.807) is 31.4 Å². The molecule has 1 aromatic carbocycles. The molecular formula is C12H16O4. The quantitative estimate of drug-likeness (QED) is 0.805. The van der Waals surface area contributed by atoms with Crippen molar-refractivity contribution in [3.8, 4) is 11.5 Å². The number of benzene rings is 1. The number of methoxy groups -OCH3 is 1. The van der Waals surface area contributed by atoms with Crippen molar-refractivity contribution in [1.29, 1.82) is 0 Å².